The highest BCUT2D eigenvalue weighted by molar-refractivity contribution is 5.94. The Hall–Kier alpha value is -2.58. The second-order valence-electron chi connectivity index (χ2n) is 5.01. The molecule has 1 saturated heterocycles. The van der Waals surface area contributed by atoms with Gasteiger partial charge in [0.15, 0.2) is 0 Å². The minimum atomic E-state index is 0.0611. The monoisotopic (exact) mass is 280 g/mol. The highest BCUT2D eigenvalue weighted by Gasteiger charge is 2.18. The third-order valence-electron chi connectivity index (χ3n) is 3.62. The van der Waals surface area contributed by atoms with E-state index in [1.807, 2.05) is 39.9 Å². The molecule has 106 valence electrons. The number of benzene rings is 1. The van der Waals surface area contributed by atoms with Gasteiger partial charge < -0.3 is 14.8 Å². The van der Waals surface area contributed by atoms with Crippen LogP contribution in [0.1, 0.15) is 15.9 Å². The maximum atomic E-state index is 12.5. The van der Waals surface area contributed by atoms with Crippen LogP contribution in [0.25, 0.3) is 5.69 Å². The number of nitrogens with one attached hydrogen (secondary N) is 1. The van der Waals surface area contributed by atoms with Gasteiger partial charge >= 0.3 is 0 Å². The normalized spacial score (nSPS) is 14.7. The van der Waals surface area contributed by atoms with E-state index in [0.29, 0.717) is 11.1 Å². The first-order valence-corrected chi connectivity index (χ1v) is 6.96. The molecule has 1 aliphatic heterocycles. The lowest BCUT2D eigenvalue weighted by Gasteiger charge is -2.27. The molecule has 1 fully saturated rings. The molecule has 1 aromatic heterocycles. The summed E-state index contributed by atoms with van der Waals surface area (Å²) >= 11 is 0. The lowest BCUT2D eigenvalue weighted by molar-refractivity contribution is 0.0736. The summed E-state index contributed by atoms with van der Waals surface area (Å²) in [5.41, 5.74) is 2.17. The molecule has 1 aliphatic rings. The van der Waals surface area contributed by atoms with Crippen LogP contribution in [0.3, 0.4) is 0 Å². The zero-order valence-electron chi connectivity index (χ0n) is 11.6. The Bertz CT molecular complexity index is 692. The van der Waals surface area contributed by atoms with Gasteiger partial charge in [0.25, 0.3) is 5.91 Å². The molecule has 3 rings (SSSR count). The number of rotatable bonds is 2. The van der Waals surface area contributed by atoms with Crippen LogP contribution in [0.4, 0.5) is 0 Å². The van der Waals surface area contributed by atoms with E-state index in [4.69, 9.17) is 5.26 Å². The molecule has 5 heteroatoms. The lowest BCUT2D eigenvalue weighted by atomic mass is 10.1. The Morgan fingerprint density at radius 1 is 1.24 bits per heavy atom. The summed E-state index contributed by atoms with van der Waals surface area (Å²) in [6.07, 6.45) is 3.58. The average Bonchev–Trinajstić information content (AvgIpc) is 3.04. The zero-order valence-corrected chi connectivity index (χ0v) is 11.6. The van der Waals surface area contributed by atoms with Crippen molar-refractivity contribution in [1.82, 2.24) is 14.8 Å². The summed E-state index contributed by atoms with van der Waals surface area (Å²) in [4.78, 5) is 14.3. The standard InChI is InChI=1S/C16H16N4O/c17-11-13-4-7-20(12-13)15-3-1-2-14(10-15)16(21)19-8-5-18-6-9-19/h1-4,7,10,12,18H,5-6,8-9H2. The molecule has 1 N–H and O–H groups in total. The molecule has 21 heavy (non-hydrogen) atoms. The van der Waals surface area contributed by atoms with Crippen LogP contribution < -0.4 is 5.32 Å². The third-order valence-corrected chi connectivity index (χ3v) is 3.62. The fraction of sp³-hybridized carbons (Fsp3) is 0.250. The molecular formula is C16H16N4O. The van der Waals surface area contributed by atoms with Crippen molar-refractivity contribution in [3.8, 4) is 11.8 Å². The van der Waals surface area contributed by atoms with Crippen LogP contribution >= 0.6 is 0 Å². The van der Waals surface area contributed by atoms with Crippen molar-refractivity contribution >= 4 is 5.91 Å². The van der Waals surface area contributed by atoms with Crippen molar-refractivity contribution in [2.45, 2.75) is 0 Å². The largest absolute Gasteiger partial charge is 0.336 e. The van der Waals surface area contributed by atoms with Crippen LogP contribution in [0.15, 0.2) is 42.7 Å². The summed E-state index contributed by atoms with van der Waals surface area (Å²) in [5, 5.41) is 12.1. The van der Waals surface area contributed by atoms with Crippen LogP contribution in [0.5, 0.6) is 0 Å². The zero-order chi connectivity index (χ0) is 14.7. The molecule has 1 aromatic carbocycles. The van der Waals surface area contributed by atoms with Gasteiger partial charge in [-0.1, -0.05) is 6.07 Å². The van der Waals surface area contributed by atoms with Crippen molar-refractivity contribution < 1.29 is 4.79 Å². The number of piperazine rings is 1. The van der Waals surface area contributed by atoms with Crippen molar-refractivity contribution in [3.05, 3.63) is 53.9 Å². The van der Waals surface area contributed by atoms with Gasteiger partial charge in [0.2, 0.25) is 0 Å². The first kappa shape index (κ1) is 13.4. The van der Waals surface area contributed by atoms with Crippen LogP contribution in [-0.4, -0.2) is 41.6 Å². The van der Waals surface area contributed by atoms with Gasteiger partial charge in [0, 0.05) is 49.8 Å². The molecule has 0 atom stereocenters. The first-order chi connectivity index (χ1) is 10.3. The minimum Gasteiger partial charge on any atom is -0.336 e. The summed E-state index contributed by atoms with van der Waals surface area (Å²) in [6.45, 7) is 3.17. The van der Waals surface area contributed by atoms with E-state index < -0.39 is 0 Å². The van der Waals surface area contributed by atoms with Crippen LogP contribution in [-0.2, 0) is 0 Å². The second kappa shape index (κ2) is 5.81. The van der Waals surface area contributed by atoms with Crippen molar-refractivity contribution in [2.75, 3.05) is 26.2 Å². The Morgan fingerprint density at radius 3 is 2.76 bits per heavy atom. The first-order valence-electron chi connectivity index (χ1n) is 6.96. The van der Waals surface area contributed by atoms with Gasteiger partial charge in [-0.3, -0.25) is 4.79 Å². The fourth-order valence-electron chi connectivity index (χ4n) is 2.47. The molecule has 2 heterocycles. The van der Waals surface area contributed by atoms with Crippen molar-refractivity contribution in [3.63, 3.8) is 0 Å². The fourth-order valence-corrected chi connectivity index (χ4v) is 2.47. The SMILES string of the molecule is N#Cc1ccn(-c2cccc(C(=O)N3CCNCC3)c2)c1. The topological polar surface area (TPSA) is 61.1 Å². The van der Waals surface area contributed by atoms with E-state index >= 15 is 0 Å². The summed E-state index contributed by atoms with van der Waals surface area (Å²) in [7, 11) is 0. The van der Waals surface area contributed by atoms with Gasteiger partial charge in [-0.05, 0) is 24.3 Å². The third kappa shape index (κ3) is 2.81. The summed E-state index contributed by atoms with van der Waals surface area (Å²) < 4.78 is 1.85. The molecule has 0 aliphatic carbocycles. The van der Waals surface area contributed by atoms with Gasteiger partial charge in [-0.25, -0.2) is 0 Å². The maximum absolute atomic E-state index is 12.5. The lowest BCUT2D eigenvalue weighted by Crippen LogP contribution is -2.46. The number of carbonyl (C=O) groups is 1. The molecule has 1 amide bonds. The quantitative estimate of drug-likeness (QED) is 0.904. The van der Waals surface area contributed by atoms with Gasteiger partial charge in [0.1, 0.15) is 6.07 Å². The van der Waals surface area contributed by atoms with Crippen molar-refractivity contribution in [1.29, 1.82) is 5.26 Å². The second-order valence-corrected chi connectivity index (χ2v) is 5.01. The molecule has 5 nitrogen and oxygen atoms in total. The van der Waals surface area contributed by atoms with E-state index in [9.17, 15) is 4.79 Å². The van der Waals surface area contributed by atoms with E-state index in [-0.39, 0.29) is 5.91 Å². The summed E-state index contributed by atoms with van der Waals surface area (Å²) in [5.74, 6) is 0.0611. The van der Waals surface area contributed by atoms with E-state index in [1.165, 1.54) is 0 Å². The van der Waals surface area contributed by atoms with Crippen molar-refractivity contribution in [2.24, 2.45) is 0 Å². The molecule has 0 radical (unpaired) electrons. The Morgan fingerprint density at radius 2 is 2.05 bits per heavy atom. The van der Waals surface area contributed by atoms with Crippen LogP contribution in [0, 0.1) is 11.3 Å². The molecule has 0 saturated carbocycles. The average molecular weight is 280 g/mol. The number of hydrogen-bond acceptors (Lipinski definition) is 3. The maximum Gasteiger partial charge on any atom is 0.254 e. The number of hydrogen-bond donors (Lipinski definition) is 1. The molecule has 0 bridgehead atoms. The van der Waals surface area contributed by atoms with Gasteiger partial charge in [-0.2, -0.15) is 5.26 Å². The Balaban J connectivity index is 1.85. The summed E-state index contributed by atoms with van der Waals surface area (Å²) in [6, 6.07) is 11.4. The van der Waals surface area contributed by atoms with Crippen LogP contribution in [0.2, 0.25) is 0 Å². The highest BCUT2D eigenvalue weighted by atomic mass is 16.2. The molecular weight excluding hydrogens is 264 g/mol. The smallest absolute Gasteiger partial charge is 0.254 e. The highest BCUT2D eigenvalue weighted by Crippen LogP contribution is 2.14. The number of amides is 1. The predicted octanol–water partition coefficient (Wildman–Crippen LogP) is 1.39. The minimum absolute atomic E-state index is 0.0611. The number of nitrogens with zero attached hydrogens (tertiary/aromatic N) is 3. The number of aromatic nitrogens is 1. The van der Waals surface area contributed by atoms with E-state index in [1.54, 1.807) is 12.3 Å². The molecule has 0 spiro atoms. The van der Waals surface area contributed by atoms with Gasteiger partial charge in [-0.15, -0.1) is 0 Å². The Labute approximate surface area is 123 Å². The molecule has 0 unspecified atom stereocenters. The Kier molecular flexibility index (Phi) is 3.71. The number of nitriles is 1. The number of carbonyl (C=O) groups excluding carboxylic acids is 1. The molecule has 2 aromatic rings. The van der Waals surface area contributed by atoms with Gasteiger partial charge in [0.05, 0.1) is 5.56 Å². The van der Waals surface area contributed by atoms with E-state index in [0.717, 1.165) is 31.9 Å². The van der Waals surface area contributed by atoms with E-state index in [2.05, 4.69) is 11.4 Å². The predicted molar refractivity (Wildman–Crippen MR) is 79.3 cm³/mol.